The number of amides is 2. The van der Waals surface area contributed by atoms with Crippen LogP contribution in [0.3, 0.4) is 0 Å². The van der Waals surface area contributed by atoms with Crippen LogP contribution >= 0.6 is 12.4 Å². The lowest BCUT2D eigenvalue weighted by Crippen LogP contribution is -2.48. The third-order valence-electron chi connectivity index (χ3n) is 0.850. The first-order chi connectivity index (χ1) is 3.79. The van der Waals surface area contributed by atoms with Crippen molar-refractivity contribution in [1.82, 2.24) is 10.6 Å². The summed E-state index contributed by atoms with van der Waals surface area (Å²) < 4.78 is 0. The maximum Gasteiger partial charge on any atom is 0.240 e. The molecule has 0 aromatic rings. The van der Waals surface area contributed by atoms with E-state index in [0.29, 0.717) is 0 Å². The van der Waals surface area contributed by atoms with Crippen molar-refractivity contribution >= 4 is 24.2 Å². The molecular formula is C4H7ClN2O2. The summed E-state index contributed by atoms with van der Waals surface area (Å²) in [6.45, 7) is 0.511. The molecule has 9 heavy (non-hydrogen) atoms. The first kappa shape index (κ1) is 8.39. The Hall–Kier alpha value is -0.610. The van der Waals surface area contributed by atoms with E-state index in [1.54, 1.807) is 0 Å². The molecule has 1 aliphatic heterocycles. The van der Waals surface area contributed by atoms with Crippen LogP contribution in [-0.2, 0) is 9.59 Å². The Morgan fingerprint density at radius 2 is 1.56 bits per heavy atom. The molecule has 0 bridgehead atoms. The van der Waals surface area contributed by atoms with Crippen LogP contribution in [0, 0.1) is 0 Å². The third kappa shape index (κ3) is 2.43. The van der Waals surface area contributed by atoms with Gasteiger partial charge in [0.05, 0.1) is 13.1 Å². The molecule has 0 spiro atoms. The highest BCUT2D eigenvalue weighted by Crippen LogP contribution is 1.72. The summed E-state index contributed by atoms with van der Waals surface area (Å²) in [5, 5.41) is 4.76. The molecule has 0 aromatic heterocycles. The Labute approximate surface area is 58.4 Å². The Morgan fingerprint density at radius 1 is 1.11 bits per heavy atom. The SMILES string of the molecule is Cl.O=C1CNCC(=O)N1. The molecule has 1 saturated heterocycles. The fourth-order valence-electron chi connectivity index (χ4n) is 0.533. The average Bonchev–Trinajstić information content (AvgIpc) is 1.64. The zero-order chi connectivity index (χ0) is 5.98. The number of carbonyl (C=O) groups is 2. The highest BCUT2D eigenvalue weighted by molar-refractivity contribution is 5.99. The zero-order valence-electron chi connectivity index (χ0n) is 4.64. The fourth-order valence-corrected chi connectivity index (χ4v) is 0.533. The fraction of sp³-hybridized carbons (Fsp3) is 0.500. The molecule has 0 aromatic carbocycles. The van der Waals surface area contributed by atoms with Gasteiger partial charge in [0.25, 0.3) is 0 Å². The van der Waals surface area contributed by atoms with E-state index in [-0.39, 0.29) is 37.3 Å². The summed E-state index contributed by atoms with van der Waals surface area (Å²) in [6, 6.07) is 0. The van der Waals surface area contributed by atoms with E-state index in [0.717, 1.165) is 0 Å². The summed E-state index contributed by atoms with van der Waals surface area (Å²) in [5.41, 5.74) is 0. The Balaban J connectivity index is 0.000000640. The molecule has 0 unspecified atom stereocenters. The molecule has 52 valence electrons. The number of hydrogen-bond donors (Lipinski definition) is 2. The minimum atomic E-state index is -0.249. The van der Waals surface area contributed by atoms with Gasteiger partial charge in [-0.1, -0.05) is 0 Å². The van der Waals surface area contributed by atoms with E-state index in [9.17, 15) is 9.59 Å². The van der Waals surface area contributed by atoms with Gasteiger partial charge in [0.2, 0.25) is 11.8 Å². The lowest BCUT2D eigenvalue weighted by Gasteiger charge is -2.09. The molecule has 2 N–H and O–H groups in total. The topological polar surface area (TPSA) is 58.2 Å². The lowest BCUT2D eigenvalue weighted by atomic mass is 10.4. The summed E-state index contributed by atoms with van der Waals surface area (Å²) >= 11 is 0. The number of hydrogen-bond acceptors (Lipinski definition) is 3. The molecule has 0 atom stereocenters. The van der Waals surface area contributed by atoms with E-state index in [1.807, 2.05) is 0 Å². The first-order valence-corrected chi connectivity index (χ1v) is 2.32. The molecule has 1 aliphatic rings. The van der Waals surface area contributed by atoms with Gasteiger partial charge in [-0.25, -0.2) is 0 Å². The minimum absolute atomic E-state index is 0. The van der Waals surface area contributed by atoms with Gasteiger partial charge < -0.3 is 0 Å². The van der Waals surface area contributed by atoms with Gasteiger partial charge in [0, 0.05) is 0 Å². The smallest absolute Gasteiger partial charge is 0.240 e. The summed E-state index contributed by atoms with van der Waals surface area (Å²) in [4.78, 5) is 20.6. The van der Waals surface area contributed by atoms with Gasteiger partial charge in [-0.3, -0.25) is 20.2 Å². The van der Waals surface area contributed by atoms with Crippen molar-refractivity contribution in [3.8, 4) is 0 Å². The van der Waals surface area contributed by atoms with Crippen molar-refractivity contribution in [3.05, 3.63) is 0 Å². The summed E-state index contributed by atoms with van der Waals surface area (Å²) in [5.74, 6) is -0.498. The normalized spacial score (nSPS) is 18.2. The molecule has 1 heterocycles. The van der Waals surface area contributed by atoms with E-state index in [1.165, 1.54) is 0 Å². The predicted molar refractivity (Wildman–Crippen MR) is 33.3 cm³/mol. The Kier molecular flexibility index (Phi) is 3.19. The van der Waals surface area contributed by atoms with Crippen molar-refractivity contribution in [2.24, 2.45) is 0 Å². The van der Waals surface area contributed by atoms with Gasteiger partial charge >= 0.3 is 0 Å². The van der Waals surface area contributed by atoms with Crippen molar-refractivity contribution in [1.29, 1.82) is 0 Å². The Bertz CT molecular complexity index is 123. The van der Waals surface area contributed by atoms with Crippen LogP contribution in [0.4, 0.5) is 0 Å². The van der Waals surface area contributed by atoms with Crippen molar-refractivity contribution in [2.45, 2.75) is 0 Å². The van der Waals surface area contributed by atoms with E-state index >= 15 is 0 Å². The highest BCUT2D eigenvalue weighted by Gasteiger charge is 2.11. The second-order valence-electron chi connectivity index (χ2n) is 1.57. The van der Waals surface area contributed by atoms with Crippen molar-refractivity contribution < 1.29 is 9.59 Å². The van der Waals surface area contributed by atoms with Crippen LogP contribution < -0.4 is 10.6 Å². The number of halogens is 1. The quantitative estimate of drug-likeness (QED) is 0.420. The predicted octanol–water partition coefficient (Wildman–Crippen LogP) is -1.35. The van der Waals surface area contributed by atoms with Gasteiger partial charge in [-0.05, 0) is 0 Å². The van der Waals surface area contributed by atoms with E-state index in [2.05, 4.69) is 10.6 Å². The van der Waals surface area contributed by atoms with Crippen LogP contribution in [0.2, 0.25) is 0 Å². The summed E-state index contributed by atoms with van der Waals surface area (Å²) in [7, 11) is 0. The maximum atomic E-state index is 10.3. The van der Waals surface area contributed by atoms with Crippen LogP contribution in [0.25, 0.3) is 0 Å². The number of carbonyl (C=O) groups excluding carboxylic acids is 2. The van der Waals surface area contributed by atoms with Gasteiger partial charge in [-0.15, -0.1) is 12.4 Å². The molecule has 0 radical (unpaired) electrons. The van der Waals surface area contributed by atoms with Crippen LogP contribution in [0.5, 0.6) is 0 Å². The van der Waals surface area contributed by atoms with Crippen LogP contribution in [0.15, 0.2) is 0 Å². The van der Waals surface area contributed by atoms with E-state index in [4.69, 9.17) is 0 Å². The number of imide groups is 1. The molecule has 5 heteroatoms. The molecule has 1 rings (SSSR count). The lowest BCUT2D eigenvalue weighted by molar-refractivity contribution is -0.131. The first-order valence-electron chi connectivity index (χ1n) is 2.32. The van der Waals surface area contributed by atoms with Crippen LogP contribution in [0.1, 0.15) is 0 Å². The standard InChI is InChI=1S/C4H6N2O2.ClH/c7-3-1-5-2-4(8)6-3;/h5H,1-2H2,(H,6,7,8);1H. The molecule has 0 aliphatic carbocycles. The minimum Gasteiger partial charge on any atom is -0.300 e. The molecule has 4 nitrogen and oxygen atoms in total. The Morgan fingerprint density at radius 3 is 1.78 bits per heavy atom. The molecular weight excluding hydrogens is 144 g/mol. The van der Waals surface area contributed by atoms with Crippen LogP contribution in [-0.4, -0.2) is 24.9 Å². The van der Waals surface area contributed by atoms with Crippen molar-refractivity contribution in [2.75, 3.05) is 13.1 Å². The molecule has 1 fully saturated rings. The van der Waals surface area contributed by atoms with Gasteiger partial charge in [0.1, 0.15) is 0 Å². The monoisotopic (exact) mass is 150 g/mol. The second-order valence-corrected chi connectivity index (χ2v) is 1.57. The van der Waals surface area contributed by atoms with Gasteiger partial charge in [0.15, 0.2) is 0 Å². The molecule has 0 saturated carbocycles. The largest absolute Gasteiger partial charge is 0.300 e. The van der Waals surface area contributed by atoms with E-state index < -0.39 is 0 Å². The summed E-state index contributed by atoms with van der Waals surface area (Å²) in [6.07, 6.45) is 0. The number of rotatable bonds is 0. The zero-order valence-corrected chi connectivity index (χ0v) is 5.46. The van der Waals surface area contributed by atoms with Gasteiger partial charge in [-0.2, -0.15) is 0 Å². The average molecular weight is 151 g/mol. The highest BCUT2D eigenvalue weighted by atomic mass is 35.5. The second kappa shape index (κ2) is 3.42. The number of piperazine rings is 1. The molecule has 2 amide bonds. The van der Waals surface area contributed by atoms with Crippen molar-refractivity contribution in [3.63, 3.8) is 0 Å². The third-order valence-corrected chi connectivity index (χ3v) is 0.850. The maximum absolute atomic E-state index is 10.3. The number of nitrogens with one attached hydrogen (secondary N) is 2.